The molecule has 1 heterocycles. The molecule has 0 amide bonds. The third kappa shape index (κ3) is 2.58. The summed E-state index contributed by atoms with van der Waals surface area (Å²) in [6, 6.07) is 4.73. The van der Waals surface area contributed by atoms with Crippen LogP contribution in [0.2, 0.25) is 0 Å². The molecule has 1 atom stereocenters. The SMILES string of the molecule is CCNC(C)c1ccc(Br)s1. The zero-order chi connectivity index (χ0) is 8.27. The molecule has 1 rings (SSSR count). The van der Waals surface area contributed by atoms with Gasteiger partial charge in [-0.25, -0.2) is 0 Å². The van der Waals surface area contributed by atoms with E-state index in [4.69, 9.17) is 0 Å². The lowest BCUT2D eigenvalue weighted by Gasteiger charge is -2.08. The van der Waals surface area contributed by atoms with Crippen molar-refractivity contribution in [2.75, 3.05) is 6.54 Å². The molecule has 0 aliphatic carbocycles. The second-order valence-corrected chi connectivity index (χ2v) is 4.92. The molecule has 1 N–H and O–H groups in total. The Morgan fingerprint density at radius 2 is 2.36 bits per heavy atom. The predicted octanol–water partition coefficient (Wildman–Crippen LogP) is 3.18. The van der Waals surface area contributed by atoms with E-state index in [-0.39, 0.29) is 0 Å². The molecule has 1 nitrogen and oxygen atoms in total. The first kappa shape index (κ1) is 9.23. The minimum Gasteiger partial charge on any atom is -0.310 e. The van der Waals surface area contributed by atoms with Gasteiger partial charge in [-0.05, 0) is 41.5 Å². The fraction of sp³-hybridized carbons (Fsp3) is 0.500. The molecular weight excluding hydrogens is 222 g/mol. The van der Waals surface area contributed by atoms with Crippen molar-refractivity contribution < 1.29 is 0 Å². The summed E-state index contributed by atoms with van der Waals surface area (Å²) in [5.74, 6) is 0. The highest BCUT2D eigenvalue weighted by atomic mass is 79.9. The number of rotatable bonds is 3. The monoisotopic (exact) mass is 233 g/mol. The van der Waals surface area contributed by atoms with Crippen LogP contribution in [0.15, 0.2) is 15.9 Å². The molecular formula is C8H12BrNS. The van der Waals surface area contributed by atoms with Crippen LogP contribution in [0.5, 0.6) is 0 Å². The van der Waals surface area contributed by atoms with Crippen LogP contribution in [-0.2, 0) is 0 Å². The second-order valence-electron chi connectivity index (χ2n) is 2.42. The van der Waals surface area contributed by atoms with Gasteiger partial charge in [0, 0.05) is 10.9 Å². The topological polar surface area (TPSA) is 12.0 Å². The molecule has 0 fully saturated rings. The van der Waals surface area contributed by atoms with Gasteiger partial charge in [0.2, 0.25) is 0 Å². The number of halogens is 1. The van der Waals surface area contributed by atoms with E-state index in [1.807, 2.05) is 0 Å². The highest BCUT2D eigenvalue weighted by Gasteiger charge is 2.04. The smallest absolute Gasteiger partial charge is 0.0701 e. The molecule has 0 aromatic carbocycles. The van der Waals surface area contributed by atoms with E-state index in [9.17, 15) is 0 Å². The molecule has 0 radical (unpaired) electrons. The molecule has 0 aliphatic rings. The van der Waals surface area contributed by atoms with E-state index < -0.39 is 0 Å². The predicted molar refractivity (Wildman–Crippen MR) is 54.1 cm³/mol. The highest BCUT2D eigenvalue weighted by molar-refractivity contribution is 9.11. The minimum atomic E-state index is 0.483. The standard InChI is InChI=1S/C8H12BrNS/c1-3-10-6(2)7-4-5-8(9)11-7/h4-6,10H,3H2,1-2H3. The zero-order valence-electron chi connectivity index (χ0n) is 6.73. The Kier molecular flexibility index (Phi) is 3.55. The highest BCUT2D eigenvalue weighted by Crippen LogP contribution is 2.26. The Balaban J connectivity index is 2.60. The molecule has 1 aromatic rings. The number of nitrogens with one attached hydrogen (secondary N) is 1. The average Bonchev–Trinajstić information content (AvgIpc) is 2.36. The Labute approximate surface area is 79.9 Å². The maximum Gasteiger partial charge on any atom is 0.0701 e. The molecule has 62 valence electrons. The third-order valence-corrected chi connectivity index (χ3v) is 3.34. The van der Waals surface area contributed by atoms with Crippen molar-refractivity contribution >= 4 is 27.3 Å². The van der Waals surface area contributed by atoms with Crippen LogP contribution in [0, 0.1) is 0 Å². The van der Waals surface area contributed by atoms with Crippen molar-refractivity contribution in [3.63, 3.8) is 0 Å². The first-order chi connectivity index (χ1) is 5.24. The van der Waals surface area contributed by atoms with Crippen molar-refractivity contribution in [3.05, 3.63) is 20.8 Å². The maximum atomic E-state index is 3.44. The van der Waals surface area contributed by atoms with E-state index in [1.165, 1.54) is 8.66 Å². The molecule has 11 heavy (non-hydrogen) atoms. The molecule has 0 saturated heterocycles. The Bertz CT molecular complexity index is 222. The number of hydrogen-bond donors (Lipinski definition) is 1. The van der Waals surface area contributed by atoms with Crippen molar-refractivity contribution in [3.8, 4) is 0 Å². The molecule has 0 bridgehead atoms. The van der Waals surface area contributed by atoms with Crippen LogP contribution in [0.4, 0.5) is 0 Å². The van der Waals surface area contributed by atoms with E-state index in [1.54, 1.807) is 11.3 Å². The lowest BCUT2D eigenvalue weighted by Crippen LogP contribution is -2.16. The van der Waals surface area contributed by atoms with E-state index in [2.05, 4.69) is 47.2 Å². The molecule has 0 aliphatic heterocycles. The summed E-state index contributed by atoms with van der Waals surface area (Å²) in [6.45, 7) is 5.33. The summed E-state index contributed by atoms with van der Waals surface area (Å²) in [7, 11) is 0. The molecule has 1 unspecified atom stereocenters. The first-order valence-corrected chi connectivity index (χ1v) is 5.33. The van der Waals surface area contributed by atoms with Crippen molar-refractivity contribution in [2.24, 2.45) is 0 Å². The Morgan fingerprint density at radius 1 is 1.64 bits per heavy atom. The molecule has 3 heteroatoms. The Hall–Kier alpha value is 0.140. The Morgan fingerprint density at radius 3 is 2.82 bits per heavy atom. The fourth-order valence-corrected chi connectivity index (χ4v) is 2.42. The van der Waals surface area contributed by atoms with Gasteiger partial charge in [0.25, 0.3) is 0 Å². The van der Waals surface area contributed by atoms with E-state index in [0.29, 0.717) is 6.04 Å². The second kappa shape index (κ2) is 4.24. The van der Waals surface area contributed by atoms with Gasteiger partial charge >= 0.3 is 0 Å². The van der Waals surface area contributed by atoms with Crippen LogP contribution >= 0.6 is 27.3 Å². The van der Waals surface area contributed by atoms with Crippen molar-refractivity contribution in [1.82, 2.24) is 5.32 Å². The summed E-state index contributed by atoms with van der Waals surface area (Å²) < 4.78 is 1.21. The van der Waals surface area contributed by atoms with E-state index >= 15 is 0 Å². The van der Waals surface area contributed by atoms with E-state index in [0.717, 1.165) is 6.54 Å². The van der Waals surface area contributed by atoms with Gasteiger partial charge in [-0.3, -0.25) is 0 Å². The van der Waals surface area contributed by atoms with Crippen LogP contribution in [0.25, 0.3) is 0 Å². The van der Waals surface area contributed by atoms with Crippen molar-refractivity contribution in [1.29, 1.82) is 0 Å². The first-order valence-electron chi connectivity index (χ1n) is 3.72. The quantitative estimate of drug-likeness (QED) is 0.846. The third-order valence-electron chi connectivity index (χ3n) is 1.53. The van der Waals surface area contributed by atoms with Gasteiger partial charge in [0.1, 0.15) is 0 Å². The van der Waals surface area contributed by atoms with Crippen molar-refractivity contribution in [2.45, 2.75) is 19.9 Å². The summed E-state index contributed by atoms with van der Waals surface area (Å²) in [5, 5.41) is 3.36. The van der Waals surface area contributed by atoms with Crippen LogP contribution in [0.1, 0.15) is 24.8 Å². The average molecular weight is 234 g/mol. The summed E-state index contributed by atoms with van der Waals surface area (Å²) >= 11 is 5.23. The van der Waals surface area contributed by atoms with Gasteiger partial charge < -0.3 is 5.32 Å². The minimum absolute atomic E-state index is 0.483. The largest absolute Gasteiger partial charge is 0.310 e. The van der Waals surface area contributed by atoms with Crippen LogP contribution in [-0.4, -0.2) is 6.54 Å². The molecule has 0 saturated carbocycles. The summed E-state index contributed by atoms with van der Waals surface area (Å²) in [4.78, 5) is 1.39. The molecule has 1 aromatic heterocycles. The lowest BCUT2D eigenvalue weighted by molar-refractivity contribution is 0.607. The fourth-order valence-electron chi connectivity index (χ4n) is 0.968. The summed E-state index contributed by atoms with van der Waals surface area (Å²) in [6.07, 6.45) is 0. The number of thiophene rings is 1. The number of hydrogen-bond acceptors (Lipinski definition) is 2. The normalized spacial score (nSPS) is 13.4. The van der Waals surface area contributed by atoms with Gasteiger partial charge in [-0.2, -0.15) is 0 Å². The van der Waals surface area contributed by atoms with Gasteiger partial charge in [-0.1, -0.05) is 6.92 Å². The van der Waals surface area contributed by atoms with Gasteiger partial charge in [-0.15, -0.1) is 11.3 Å². The zero-order valence-corrected chi connectivity index (χ0v) is 9.13. The van der Waals surface area contributed by atoms with Gasteiger partial charge in [0.05, 0.1) is 3.79 Å². The van der Waals surface area contributed by atoms with Crippen LogP contribution in [0.3, 0.4) is 0 Å². The maximum absolute atomic E-state index is 3.44. The van der Waals surface area contributed by atoms with Gasteiger partial charge in [0.15, 0.2) is 0 Å². The molecule has 0 spiro atoms. The lowest BCUT2D eigenvalue weighted by atomic mass is 10.3. The summed E-state index contributed by atoms with van der Waals surface area (Å²) in [5.41, 5.74) is 0. The van der Waals surface area contributed by atoms with Crippen LogP contribution < -0.4 is 5.32 Å².